The average Bonchev–Trinajstić information content (AvgIpc) is 2.77. The Labute approximate surface area is 176 Å². The molecule has 7 heteroatoms. The van der Waals surface area contributed by atoms with Crippen molar-refractivity contribution in [2.45, 2.75) is 20.0 Å². The fraction of sp³-hybridized carbons (Fsp3) is 0.391. The third-order valence-electron chi connectivity index (χ3n) is 5.67. The van der Waals surface area contributed by atoms with E-state index in [2.05, 4.69) is 5.32 Å². The number of benzene rings is 2. The van der Waals surface area contributed by atoms with Crippen molar-refractivity contribution in [1.82, 2.24) is 4.90 Å². The van der Waals surface area contributed by atoms with Crippen molar-refractivity contribution in [3.05, 3.63) is 53.6 Å². The van der Waals surface area contributed by atoms with Gasteiger partial charge < -0.3 is 24.6 Å². The molecule has 2 aliphatic heterocycles. The first-order chi connectivity index (χ1) is 14.5. The maximum Gasteiger partial charge on any atom is 0.265 e. The second-order valence-electron chi connectivity index (χ2n) is 7.69. The molecule has 2 aliphatic rings. The van der Waals surface area contributed by atoms with Crippen LogP contribution in [0.25, 0.3) is 0 Å². The second-order valence-corrected chi connectivity index (χ2v) is 7.69. The lowest BCUT2D eigenvalue weighted by Gasteiger charge is -2.38. The molecule has 0 aromatic heterocycles. The molecular weight excluding hydrogens is 382 g/mol. The lowest BCUT2D eigenvalue weighted by Crippen LogP contribution is -2.53. The number of aryl methyl sites for hydroxylation is 1. The third kappa shape index (κ3) is 4.26. The van der Waals surface area contributed by atoms with Crippen LogP contribution in [0.1, 0.15) is 11.1 Å². The molecule has 0 saturated carbocycles. The first kappa shape index (κ1) is 20.2. The number of carbonyl (C=O) groups excluding carboxylic acids is 2. The lowest BCUT2D eigenvalue weighted by atomic mass is 10.1. The number of carbonyl (C=O) groups is 2. The van der Waals surface area contributed by atoms with E-state index in [1.165, 1.54) is 0 Å². The standard InChI is InChI=1S/C23H27N3O4/c1-16-6-5-7-18(17(16)2)24-22(27)15-26-14-21(23(28)25-10-12-29-13-11-25)30-20-9-4-3-8-19(20)26/h3-9,21H,10-15H2,1-2H3,(H,24,27)/t21-/m1/s1. The van der Waals surface area contributed by atoms with E-state index in [4.69, 9.17) is 9.47 Å². The van der Waals surface area contributed by atoms with Gasteiger partial charge in [-0.25, -0.2) is 0 Å². The van der Waals surface area contributed by atoms with Crippen molar-refractivity contribution < 1.29 is 19.1 Å². The van der Waals surface area contributed by atoms with E-state index in [1.807, 2.05) is 61.2 Å². The number of hydrogen-bond donors (Lipinski definition) is 1. The summed E-state index contributed by atoms with van der Waals surface area (Å²) in [5, 5.41) is 3.00. The van der Waals surface area contributed by atoms with Crippen LogP contribution in [0.3, 0.4) is 0 Å². The van der Waals surface area contributed by atoms with E-state index in [0.717, 1.165) is 22.5 Å². The molecule has 0 spiro atoms. The third-order valence-corrected chi connectivity index (χ3v) is 5.67. The van der Waals surface area contributed by atoms with Crippen molar-refractivity contribution in [1.29, 1.82) is 0 Å². The summed E-state index contributed by atoms with van der Waals surface area (Å²) in [6, 6.07) is 13.4. The highest BCUT2D eigenvalue weighted by Gasteiger charge is 2.34. The van der Waals surface area contributed by atoms with Gasteiger partial charge in [-0.05, 0) is 43.2 Å². The molecular formula is C23H27N3O4. The lowest BCUT2D eigenvalue weighted by molar-refractivity contribution is -0.142. The summed E-state index contributed by atoms with van der Waals surface area (Å²) >= 11 is 0. The van der Waals surface area contributed by atoms with Crippen LogP contribution in [0.4, 0.5) is 11.4 Å². The van der Waals surface area contributed by atoms with Gasteiger partial charge in [0, 0.05) is 18.8 Å². The number of hydrogen-bond acceptors (Lipinski definition) is 5. The molecule has 0 bridgehead atoms. The molecule has 2 aromatic carbocycles. The van der Waals surface area contributed by atoms with Crippen molar-refractivity contribution in [2.75, 3.05) is 49.6 Å². The van der Waals surface area contributed by atoms with Crippen LogP contribution in [-0.2, 0) is 14.3 Å². The fourth-order valence-corrected chi connectivity index (χ4v) is 3.82. The van der Waals surface area contributed by atoms with Crippen LogP contribution >= 0.6 is 0 Å². The summed E-state index contributed by atoms with van der Waals surface area (Å²) in [4.78, 5) is 29.5. The molecule has 1 N–H and O–H groups in total. The van der Waals surface area contributed by atoms with Crippen LogP contribution in [0.2, 0.25) is 0 Å². The summed E-state index contributed by atoms with van der Waals surface area (Å²) in [6.45, 7) is 6.68. The van der Waals surface area contributed by atoms with Crippen molar-refractivity contribution in [3.63, 3.8) is 0 Å². The zero-order chi connectivity index (χ0) is 21.1. The van der Waals surface area contributed by atoms with Gasteiger partial charge in [-0.15, -0.1) is 0 Å². The largest absolute Gasteiger partial charge is 0.477 e. The van der Waals surface area contributed by atoms with E-state index in [9.17, 15) is 9.59 Å². The van der Waals surface area contributed by atoms with Crippen LogP contribution < -0.4 is 15.0 Å². The minimum Gasteiger partial charge on any atom is -0.477 e. The predicted molar refractivity (Wildman–Crippen MR) is 115 cm³/mol. The number of anilines is 2. The maximum atomic E-state index is 13.0. The van der Waals surface area contributed by atoms with Crippen LogP contribution in [0.5, 0.6) is 5.75 Å². The Bertz CT molecular complexity index is 940. The normalized spacial score (nSPS) is 18.4. The SMILES string of the molecule is Cc1cccc(NC(=O)CN2C[C@H](C(=O)N3CCOCC3)Oc3ccccc32)c1C. The number of fused-ring (bicyclic) bond motifs is 1. The van der Waals surface area contributed by atoms with Gasteiger partial charge in [-0.3, -0.25) is 9.59 Å². The highest BCUT2D eigenvalue weighted by atomic mass is 16.5. The molecule has 2 aromatic rings. The Morgan fingerprint density at radius 3 is 2.63 bits per heavy atom. The van der Waals surface area contributed by atoms with Gasteiger partial charge in [0.05, 0.1) is 32.0 Å². The van der Waals surface area contributed by atoms with E-state index in [-0.39, 0.29) is 18.4 Å². The van der Waals surface area contributed by atoms with E-state index in [0.29, 0.717) is 38.6 Å². The van der Waals surface area contributed by atoms with Gasteiger partial charge in [0.25, 0.3) is 5.91 Å². The van der Waals surface area contributed by atoms with Gasteiger partial charge in [0.2, 0.25) is 5.91 Å². The number of para-hydroxylation sites is 2. The number of nitrogens with one attached hydrogen (secondary N) is 1. The number of amides is 2. The van der Waals surface area contributed by atoms with Gasteiger partial charge in [-0.1, -0.05) is 24.3 Å². The quantitative estimate of drug-likeness (QED) is 0.840. The molecule has 30 heavy (non-hydrogen) atoms. The molecule has 7 nitrogen and oxygen atoms in total. The highest BCUT2D eigenvalue weighted by molar-refractivity contribution is 5.95. The van der Waals surface area contributed by atoms with Crippen molar-refractivity contribution in [3.8, 4) is 5.75 Å². The Kier molecular flexibility index (Phi) is 5.90. The second kappa shape index (κ2) is 8.75. The average molecular weight is 409 g/mol. The molecule has 2 heterocycles. The number of rotatable bonds is 4. The molecule has 158 valence electrons. The van der Waals surface area contributed by atoms with Crippen LogP contribution in [0.15, 0.2) is 42.5 Å². The summed E-state index contributed by atoms with van der Waals surface area (Å²) in [7, 11) is 0. The van der Waals surface area contributed by atoms with E-state index in [1.54, 1.807) is 4.90 Å². The molecule has 0 radical (unpaired) electrons. The minimum atomic E-state index is -0.647. The summed E-state index contributed by atoms with van der Waals surface area (Å²) in [5.41, 5.74) is 3.80. The monoisotopic (exact) mass is 409 g/mol. The van der Waals surface area contributed by atoms with Crippen molar-refractivity contribution in [2.24, 2.45) is 0 Å². The fourth-order valence-electron chi connectivity index (χ4n) is 3.82. The van der Waals surface area contributed by atoms with Gasteiger partial charge in [0.15, 0.2) is 6.10 Å². The summed E-state index contributed by atoms with van der Waals surface area (Å²) in [6.07, 6.45) is -0.647. The molecule has 4 rings (SSSR count). The Morgan fingerprint density at radius 2 is 1.83 bits per heavy atom. The zero-order valence-corrected chi connectivity index (χ0v) is 17.4. The Hall–Kier alpha value is -3.06. The minimum absolute atomic E-state index is 0.0623. The number of morpholine rings is 1. The van der Waals surface area contributed by atoms with Crippen molar-refractivity contribution >= 4 is 23.2 Å². The number of ether oxygens (including phenoxy) is 2. The molecule has 1 atom stereocenters. The molecule has 0 unspecified atom stereocenters. The molecule has 1 fully saturated rings. The molecule has 0 aliphatic carbocycles. The molecule has 2 amide bonds. The Balaban J connectivity index is 1.50. The Morgan fingerprint density at radius 1 is 1.07 bits per heavy atom. The summed E-state index contributed by atoms with van der Waals surface area (Å²) < 4.78 is 11.4. The smallest absolute Gasteiger partial charge is 0.265 e. The van der Waals surface area contributed by atoms with E-state index < -0.39 is 6.10 Å². The topological polar surface area (TPSA) is 71.1 Å². The molecule has 1 saturated heterocycles. The van der Waals surface area contributed by atoms with Gasteiger partial charge >= 0.3 is 0 Å². The van der Waals surface area contributed by atoms with E-state index >= 15 is 0 Å². The maximum absolute atomic E-state index is 13.0. The van der Waals surface area contributed by atoms with Crippen LogP contribution in [-0.4, -0.2) is 62.2 Å². The van der Waals surface area contributed by atoms with Gasteiger partial charge in [-0.2, -0.15) is 0 Å². The highest BCUT2D eigenvalue weighted by Crippen LogP contribution is 2.33. The first-order valence-corrected chi connectivity index (χ1v) is 10.3. The first-order valence-electron chi connectivity index (χ1n) is 10.3. The van der Waals surface area contributed by atoms with Gasteiger partial charge in [0.1, 0.15) is 5.75 Å². The van der Waals surface area contributed by atoms with Crippen LogP contribution in [0, 0.1) is 13.8 Å². The number of nitrogens with zero attached hydrogens (tertiary/aromatic N) is 2. The predicted octanol–water partition coefficient (Wildman–Crippen LogP) is 2.37. The zero-order valence-electron chi connectivity index (χ0n) is 17.4. The summed E-state index contributed by atoms with van der Waals surface area (Å²) in [5.74, 6) is 0.431.